The lowest BCUT2D eigenvalue weighted by atomic mass is 10.2. The summed E-state index contributed by atoms with van der Waals surface area (Å²) in [5.74, 6) is 0. The number of carboxylic acid groups (broad SMARTS) is 1. The second kappa shape index (κ2) is 6.08. The van der Waals surface area contributed by atoms with Gasteiger partial charge in [0.2, 0.25) is 0 Å². The summed E-state index contributed by atoms with van der Waals surface area (Å²) in [6.07, 6.45) is 0.712. The van der Waals surface area contributed by atoms with E-state index < -0.39 is 6.09 Å². The van der Waals surface area contributed by atoms with Crippen molar-refractivity contribution in [2.24, 2.45) is 0 Å². The highest BCUT2D eigenvalue weighted by Crippen LogP contribution is 2.16. The maximum absolute atomic E-state index is 11.7. The zero-order valence-electron chi connectivity index (χ0n) is 10.5. The smallest absolute Gasteiger partial charge is 0.407 e. The predicted molar refractivity (Wildman–Crippen MR) is 71.2 cm³/mol. The van der Waals surface area contributed by atoms with Crippen LogP contribution in [0.5, 0.6) is 0 Å². The SMILES string of the molecule is O=C(NCC1CCCN1C(=O)O)Nc1ccccc1. The zero-order valence-corrected chi connectivity index (χ0v) is 10.5. The van der Waals surface area contributed by atoms with Crippen LogP contribution in [0, 0.1) is 0 Å². The van der Waals surface area contributed by atoms with Crippen LogP contribution in [0.25, 0.3) is 0 Å². The van der Waals surface area contributed by atoms with Crippen molar-refractivity contribution in [3.63, 3.8) is 0 Å². The largest absolute Gasteiger partial charge is 0.465 e. The Morgan fingerprint density at radius 2 is 2.05 bits per heavy atom. The van der Waals surface area contributed by atoms with Crippen LogP contribution in [-0.4, -0.2) is 41.3 Å². The number of para-hydroxylation sites is 1. The molecule has 3 N–H and O–H groups in total. The number of anilines is 1. The molecule has 0 saturated carbocycles. The van der Waals surface area contributed by atoms with Gasteiger partial charge in [-0.3, -0.25) is 0 Å². The van der Waals surface area contributed by atoms with Crippen molar-refractivity contribution >= 4 is 17.8 Å². The van der Waals surface area contributed by atoms with Gasteiger partial charge in [0.15, 0.2) is 0 Å². The van der Waals surface area contributed by atoms with Gasteiger partial charge in [0.05, 0.1) is 6.04 Å². The molecule has 1 aromatic carbocycles. The van der Waals surface area contributed by atoms with Gasteiger partial charge < -0.3 is 20.6 Å². The Labute approximate surface area is 111 Å². The number of carbonyl (C=O) groups is 2. The van der Waals surface area contributed by atoms with Crippen molar-refractivity contribution in [1.82, 2.24) is 10.2 Å². The molecule has 1 atom stereocenters. The zero-order chi connectivity index (χ0) is 13.7. The normalized spacial score (nSPS) is 18.1. The molecular formula is C13H17N3O3. The summed E-state index contributed by atoms with van der Waals surface area (Å²) >= 11 is 0. The lowest BCUT2D eigenvalue weighted by Gasteiger charge is -2.21. The quantitative estimate of drug-likeness (QED) is 0.779. The number of benzene rings is 1. The number of urea groups is 1. The minimum Gasteiger partial charge on any atom is -0.465 e. The first-order valence-electron chi connectivity index (χ1n) is 6.26. The molecule has 6 nitrogen and oxygen atoms in total. The van der Waals surface area contributed by atoms with Crippen molar-refractivity contribution in [2.75, 3.05) is 18.4 Å². The molecule has 3 amide bonds. The first kappa shape index (κ1) is 13.2. The van der Waals surface area contributed by atoms with E-state index >= 15 is 0 Å². The third kappa shape index (κ3) is 3.61. The molecule has 0 aromatic heterocycles. The minimum absolute atomic E-state index is 0.126. The minimum atomic E-state index is -0.923. The van der Waals surface area contributed by atoms with Gasteiger partial charge in [-0.1, -0.05) is 18.2 Å². The van der Waals surface area contributed by atoms with E-state index in [0.717, 1.165) is 12.8 Å². The Balaban J connectivity index is 1.79. The van der Waals surface area contributed by atoms with Gasteiger partial charge in [-0.15, -0.1) is 0 Å². The molecule has 6 heteroatoms. The van der Waals surface area contributed by atoms with Crippen LogP contribution in [0.3, 0.4) is 0 Å². The number of nitrogens with one attached hydrogen (secondary N) is 2. The Hall–Kier alpha value is -2.24. The van der Waals surface area contributed by atoms with Crippen LogP contribution >= 0.6 is 0 Å². The lowest BCUT2D eigenvalue weighted by Crippen LogP contribution is -2.43. The predicted octanol–water partition coefficient (Wildman–Crippen LogP) is 1.95. The van der Waals surface area contributed by atoms with E-state index in [0.29, 0.717) is 18.8 Å². The second-order valence-corrected chi connectivity index (χ2v) is 4.47. The topological polar surface area (TPSA) is 81.7 Å². The molecule has 1 fully saturated rings. The molecule has 1 aliphatic heterocycles. The Morgan fingerprint density at radius 1 is 1.32 bits per heavy atom. The fourth-order valence-corrected chi connectivity index (χ4v) is 2.21. The summed E-state index contributed by atoms with van der Waals surface area (Å²) in [6, 6.07) is 8.67. The van der Waals surface area contributed by atoms with Crippen LogP contribution in [0.1, 0.15) is 12.8 Å². The van der Waals surface area contributed by atoms with E-state index in [1.165, 1.54) is 4.90 Å². The standard InChI is InChI=1S/C13H17N3O3/c17-12(15-10-5-2-1-3-6-10)14-9-11-7-4-8-16(11)13(18)19/h1-3,5-6,11H,4,7-9H2,(H,18,19)(H2,14,15,17). The molecule has 1 saturated heterocycles. The number of nitrogens with zero attached hydrogens (tertiary/aromatic N) is 1. The van der Waals surface area contributed by atoms with Gasteiger partial charge in [-0.2, -0.15) is 0 Å². The third-order valence-corrected chi connectivity index (χ3v) is 3.15. The molecule has 1 unspecified atom stereocenters. The molecule has 0 spiro atoms. The van der Waals surface area contributed by atoms with E-state index in [9.17, 15) is 9.59 Å². The fourth-order valence-electron chi connectivity index (χ4n) is 2.21. The lowest BCUT2D eigenvalue weighted by molar-refractivity contribution is 0.140. The number of carbonyl (C=O) groups excluding carboxylic acids is 1. The summed E-state index contributed by atoms with van der Waals surface area (Å²) in [4.78, 5) is 24.0. The third-order valence-electron chi connectivity index (χ3n) is 3.15. The van der Waals surface area contributed by atoms with Gasteiger partial charge in [0, 0.05) is 18.8 Å². The first-order valence-corrected chi connectivity index (χ1v) is 6.26. The van der Waals surface area contributed by atoms with Crippen LogP contribution in [-0.2, 0) is 0 Å². The first-order chi connectivity index (χ1) is 9.16. The van der Waals surface area contributed by atoms with E-state index in [4.69, 9.17) is 5.11 Å². The van der Waals surface area contributed by atoms with Crippen molar-refractivity contribution in [1.29, 1.82) is 0 Å². The Kier molecular flexibility index (Phi) is 4.22. The van der Waals surface area contributed by atoms with Gasteiger partial charge in [-0.25, -0.2) is 9.59 Å². The van der Waals surface area contributed by atoms with E-state index in [1.807, 2.05) is 18.2 Å². The summed E-state index contributed by atoms with van der Waals surface area (Å²) in [6.45, 7) is 0.882. The maximum Gasteiger partial charge on any atom is 0.407 e. The Bertz CT molecular complexity index is 450. The van der Waals surface area contributed by atoms with Gasteiger partial charge in [0.1, 0.15) is 0 Å². The summed E-state index contributed by atoms with van der Waals surface area (Å²) in [5, 5.41) is 14.4. The molecule has 1 aromatic rings. The highest BCUT2D eigenvalue weighted by Gasteiger charge is 2.28. The van der Waals surface area contributed by atoms with Gasteiger partial charge in [-0.05, 0) is 25.0 Å². The highest BCUT2D eigenvalue weighted by atomic mass is 16.4. The summed E-state index contributed by atoms with van der Waals surface area (Å²) in [5.41, 5.74) is 0.710. The molecule has 0 bridgehead atoms. The Morgan fingerprint density at radius 3 is 2.74 bits per heavy atom. The van der Waals surface area contributed by atoms with Crippen LogP contribution in [0.15, 0.2) is 30.3 Å². The molecule has 1 heterocycles. The number of rotatable bonds is 3. The number of likely N-dealkylation sites (tertiary alicyclic amines) is 1. The average molecular weight is 263 g/mol. The number of hydrogen-bond acceptors (Lipinski definition) is 2. The molecular weight excluding hydrogens is 246 g/mol. The van der Waals surface area contributed by atoms with Crippen molar-refractivity contribution in [3.05, 3.63) is 30.3 Å². The summed E-state index contributed by atoms with van der Waals surface area (Å²) in [7, 11) is 0. The van der Waals surface area contributed by atoms with Gasteiger partial charge >= 0.3 is 12.1 Å². The van der Waals surface area contributed by atoms with Crippen molar-refractivity contribution in [3.8, 4) is 0 Å². The van der Waals surface area contributed by atoms with E-state index in [2.05, 4.69) is 10.6 Å². The van der Waals surface area contributed by atoms with Crippen LogP contribution in [0.2, 0.25) is 0 Å². The number of hydrogen-bond donors (Lipinski definition) is 3. The van der Waals surface area contributed by atoms with Crippen molar-refractivity contribution in [2.45, 2.75) is 18.9 Å². The summed E-state index contributed by atoms with van der Waals surface area (Å²) < 4.78 is 0. The van der Waals surface area contributed by atoms with Crippen LogP contribution in [0.4, 0.5) is 15.3 Å². The van der Waals surface area contributed by atoms with E-state index in [-0.39, 0.29) is 12.1 Å². The van der Waals surface area contributed by atoms with Crippen molar-refractivity contribution < 1.29 is 14.7 Å². The molecule has 0 aliphatic carbocycles. The molecule has 102 valence electrons. The molecule has 1 aliphatic rings. The van der Waals surface area contributed by atoms with Crippen LogP contribution < -0.4 is 10.6 Å². The average Bonchev–Trinajstić information content (AvgIpc) is 2.86. The van der Waals surface area contributed by atoms with E-state index in [1.54, 1.807) is 12.1 Å². The molecule has 2 rings (SSSR count). The monoisotopic (exact) mass is 263 g/mol. The second-order valence-electron chi connectivity index (χ2n) is 4.47. The number of amides is 3. The molecule has 0 radical (unpaired) electrons. The molecule has 19 heavy (non-hydrogen) atoms. The van der Waals surface area contributed by atoms with Gasteiger partial charge in [0.25, 0.3) is 0 Å². The maximum atomic E-state index is 11.7. The highest BCUT2D eigenvalue weighted by molar-refractivity contribution is 5.89. The fraction of sp³-hybridized carbons (Fsp3) is 0.385.